The number of rotatable bonds is 8. The zero-order valence-electron chi connectivity index (χ0n) is 20.9. The molecular formula is C26H27Cl2N7O2. The van der Waals surface area contributed by atoms with Gasteiger partial charge >= 0.3 is 0 Å². The van der Waals surface area contributed by atoms with Gasteiger partial charge in [0, 0.05) is 60.1 Å². The highest BCUT2D eigenvalue weighted by molar-refractivity contribution is 6.35. The molecule has 1 aliphatic heterocycles. The van der Waals surface area contributed by atoms with Crippen LogP contribution in [0.1, 0.15) is 42.2 Å². The van der Waals surface area contributed by atoms with E-state index in [4.69, 9.17) is 43.8 Å². The number of methoxy groups -OCH3 is 1. The third kappa shape index (κ3) is 5.14. The summed E-state index contributed by atoms with van der Waals surface area (Å²) in [6, 6.07) is 7.08. The molecule has 0 aliphatic carbocycles. The highest BCUT2D eigenvalue weighted by Crippen LogP contribution is 2.39. The van der Waals surface area contributed by atoms with E-state index in [9.17, 15) is 5.26 Å². The number of likely N-dealkylation sites (N-methyl/N-ethyl adjacent to an activating group) is 1. The first kappa shape index (κ1) is 26.5. The van der Waals surface area contributed by atoms with Crippen LogP contribution in [0.25, 0.3) is 0 Å². The van der Waals surface area contributed by atoms with Crippen LogP contribution in [0.2, 0.25) is 10.0 Å². The smallest absolute Gasteiger partial charge is 0.162 e. The Bertz CT molecular complexity index is 1380. The van der Waals surface area contributed by atoms with Crippen molar-refractivity contribution in [2.75, 3.05) is 37.9 Å². The Kier molecular flexibility index (Phi) is 7.46. The second-order valence-corrected chi connectivity index (χ2v) is 9.93. The van der Waals surface area contributed by atoms with Crippen molar-refractivity contribution in [3.8, 4) is 17.6 Å². The Morgan fingerprint density at radius 1 is 1.22 bits per heavy atom. The van der Waals surface area contributed by atoms with Crippen LogP contribution in [0.15, 0.2) is 36.8 Å². The maximum absolute atomic E-state index is 9.78. The molecule has 4 N–H and O–H groups in total. The second kappa shape index (κ2) is 10.4. The lowest BCUT2D eigenvalue weighted by molar-refractivity contribution is 0.216. The van der Waals surface area contributed by atoms with E-state index >= 15 is 0 Å². The van der Waals surface area contributed by atoms with E-state index in [0.717, 1.165) is 13.1 Å². The van der Waals surface area contributed by atoms with Crippen molar-refractivity contribution in [1.82, 2.24) is 15.3 Å². The maximum Gasteiger partial charge on any atom is 0.162 e. The minimum absolute atomic E-state index is 0.0183. The van der Waals surface area contributed by atoms with E-state index in [2.05, 4.69) is 28.3 Å². The van der Waals surface area contributed by atoms with Crippen molar-refractivity contribution in [2.45, 2.75) is 25.5 Å². The number of benzene rings is 1. The molecule has 1 aromatic carbocycles. The van der Waals surface area contributed by atoms with E-state index in [1.165, 1.54) is 19.5 Å². The number of halogens is 2. The quantitative estimate of drug-likeness (QED) is 0.279. The molecule has 0 saturated carbocycles. The van der Waals surface area contributed by atoms with Crippen molar-refractivity contribution in [3.63, 3.8) is 0 Å². The molecule has 0 amide bonds. The van der Waals surface area contributed by atoms with Crippen molar-refractivity contribution >= 4 is 40.4 Å². The first-order valence-electron chi connectivity index (χ1n) is 11.5. The number of pyridine rings is 2. The highest BCUT2D eigenvalue weighted by Gasteiger charge is 2.39. The average Bonchev–Trinajstić information content (AvgIpc) is 2.86. The molecule has 4 rings (SSSR count). The fourth-order valence-electron chi connectivity index (χ4n) is 4.29. The topological polar surface area (TPSA) is 133 Å². The molecule has 0 bridgehead atoms. The maximum atomic E-state index is 9.78. The lowest BCUT2D eigenvalue weighted by Gasteiger charge is -2.48. The van der Waals surface area contributed by atoms with Gasteiger partial charge in [-0.2, -0.15) is 5.26 Å². The van der Waals surface area contributed by atoms with Gasteiger partial charge in [-0.15, -0.1) is 0 Å². The number of aromatic nitrogens is 2. The SMILES string of the molecule is CNC1(C)CN(c2ncc(C(=N)c3cc(O[C@H](C)c4c(Cl)cncc4Cl)c(OC)cc3N)cc2C#N)C1. The lowest BCUT2D eigenvalue weighted by atomic mass is 9.92. The number of ether oxygens (including phenoxy) is 2. The molecule has 0 radical (unpaired) electrons. The van der Waals surface area contributed by atoms with Crippen molar-refractivity contribution in [1.29, 1.82) is 10.7 Å². The van der Waals surface area contributed by atoms with Gasteiger partial charge in [-0.25, -0.2) is 4.98 Å². The lowest BCUT2D eigenvalue weighted by Crippen LogP contribution is -2.67. The largest absolute Gasteiger partial charge is 0.493 e. The van der Waals surface area contributed by atoms with E-state index in [-0.39, 0.29) is 11.3 Å². The van der Waals surface area contributed by atoms with Crippen LogP contribution in [0.5, 0.6) is 11.5 Å². The van der Waals surface area contributed by atoms with Crippen LogP contribution in [0, 0.1) is 16.7 Å². The number of nitrogens with zero attached hydrogens (tertiary/aromatic N) is 4. The minimum atomic E-state index is -0.548. The van der Waals surface area contributed by atoms with E-state index in [1.807, 2.05) is 11.9 Å². The molecule has 1 atom stereocenters. The summed E-state index contributed by atoms with van der Waals surface area (Å²) in [6.45, 7) is 5.38. The molecule has 9 nitrogen and oxygen atoms in total. The number of hydrogen-bond donors (Lipinski definition) is 3. The van der Waals surface area contributed by atoms with Crippen LogP contribution in [0.3, 0.4) is 0 Å². The summed E-state index contributed by atoms with van der Waals surface area (Å²) in [5.74, 6) is 1.34. The zero-order chi connectivity index (χ0) is 26.9. The van der Waals surface area contributed by atoms with Gasteiger partial charge in [-0.05, 0) is 33.0 Å². The summed E-state index contributed by atoms with van der Waals surface area (Å²) in [7, 11) is 3.42. The van der Waals surface area contributed by atoms with Crippen LogP contribution >= 0.6 is 23.2 Å². The summed E-state index contributed by atoms with van der Waals surface area (Å²) in [4.78, 5) is 10.5. The monoisotopic (exact) mass is 539 g/mol. The van der Waals surface area contributed by atoms with E-state index in [0.29, 0.717) is 55.3 Å². The standard InChI is InChI=1S/C26H27Cl2N7O2/c1-14(23-18(27)10-33-11-19(23)28)37-22-6-17(20(30)7-21(22)36-4)24(31)16-5-15(8-29)25(34-9-16)35-12-26(2,13-35)32-3/h5-7,9-11,14,31-32H,12-13,30H2,1-4H3/t14-/m1/s1. The first-order chi connectivity index (χ1) is 17.6. The Balaban J connectivity index is 1.65. The summed E-state index contributed by atoms with van der Waals surface area (Å²) in [6.07, 6.45) is 4.02. The number of hydrogen-bond acceptors (Lipinski definition) is 9. The average molecular weight is 540 g/mol. The molecule has 3 heterocycles. The fraction of sp³-hybridized carbons (Fsp3) is 0.308. The van der Waals surface area contributed by atoms with Crippen molar-refractivity contribution in [2.24, 2.45) is 0 Å². The molecule has 0 spiro atoms. The second-order valence-electron chi connectivity index (χ2n) is 9.12. The molecule has 2 aromatic heterocycles. The van der Waals surface area contributed by atoms with Gasteiger partial charge in [0.05, 0.1) is 34.0 Å². The third-order valence-electron chi connectivity index (χ3n) is 6.46. The van der Waals surface area contributed by atoms with Crippen LogP contribution < -0.4 is 25.4 Å². The van der Waals surface area contributed by atoms with Crippen LogP contribution in [-0.2, 0) is 0 Å². The Labute approximate surface area is 225 Å². The summed E-state index contributed by atoms with van der Waals surface area (Å²) in [5, 5.41) is 22.6. The van der Waals surface area contributed by atoms with Crippen LogP contribution in [-0.4, -0.2) is 48.5 Å². The van der Waals surface area contributed by atoms with Crippen molar-refractivity contribution < 1.29 is 9.47 Å². The first-order valence-corrected chi connectivity index (χ1v) is 12.2. The highest BCUT2D eigenvalue weighted by atomic mass is 35.5. The van der Waals surface area contributed by atoms with Gasteiger partial charge in [0.15, 0.2) is 11.5 Å². The number of nitriles is 1. The molecule has 37 heavy (non-hydrogen) atoms. The number of nitrogens with one attached hydrogen (secondary N) is 2. The van der Waals surface area contributed by atoms with Crippen LogP contribution in [0.4, 0.5) is 11.5 Å². The normalized spacial score (nSPS) is 14.9. The molecule has 1 fully saturated rings. The molecular weight excluding hydrogens is 513 g/mol. The van der Waals surface area contributed by atoms with Gasteiger partial charge in [-0.1, -0.05) is 23.2 Å². The summed E-state index contributed by atoms with van der Waals surface area (Å²) < 4.78 is 11.6. The number of anilines is 2. The molecule has 192 valence electrons. The third-order valence-corrected chi connectivity index (χ3v) is 7.07. The van der Waals surface area contributed by atoms with Gasteiger partial charge < -0.3 is 25.4 Å². The van der Waals surface area contributed by atoms with E-state index in [1.54, 1.807) is 31.3 Å². The fourth-order valence-corrected chi connectivity index (χ4v) is 4.96. The molecule has 11 heteroatoms. The minimum Gasteiger partial charge on any atom is -0.493 e. The van der Waals surface area contributed by atoms with Gasteiger partial charge in [0.1, 0.15) is 18.0 Å². The zero-order valence-corrected chi connectivity index (χ0v) is 22.4. The Hall–Kier alpha value is -3.58. The summed E-state index contributed by atoms with van der Waals surface area (Å²) >= 11 is 12.6. The molecule has 1 saturated heterocycles. The van der Waals surface area contributed by atoms with E-state index < -0.39 is 6.10 Å². The Morgan fingerprint density at radius 2 is 1.89 bits per heavy atom. The molecule has 0 unspecified atom stereocenters. The summed E-state index contributed by atoms with van der Waals surface area (Å²) in [5.41, 5.74) is 8.50. The predicted molar refractivity (Wildman–Crippen MR) is 145 cm³/mol. The van der Waals surface area contributed by atoms with Gasteiger partial charge in [-0.3, -0.25) is 10.4 Å². The van der Waals surface area contributed by atoms with Gasteiger partial charge in [0.25, 0.3) is 0 Å². The number of nitrogen functional groups attached to an aromatic ring is 1. The molecule has 3 aromatic rings. The Morgan fingerprint density at radius 3 is 2.49 bits per heavy atom. The van der Waals surface area contributed by atoms with Gasteiger partial charge in [0.2, 0.25) is 0 Å². The van der Waals surface area contributed by atoms with Crippen molar-refractivity contribution in [3.05, 3.63) is 69.1 Å². The molecule has 1 aliphatic rings. The number of nitrogens with two attached hydrogens (primary N) is 1. The predicted octanol–water partition coefficient (Wildman–Crippen LogP) is 4.60.